The molecule has 0 aromatic heterocycles. The summed E-state index contributed by atoms with van der Waals surface area (Å²) < 4.78 is 27.0. The molecule has 0 saturated heterocycles. The van der Waals surface area contributed by atoms with Crippen LogP contribution in [0.25, 0.3) is 0 Å². The lowest BCUT2D eigenvalue weighted by Gasteiger charge is -2.34. The van der Waals surface area contributed by atoms with Crippen molar-refractivity contribution in [3.8, 4) is 0 Å². The fourth-order valence-corrected chi connectivity index (χ4v) is 5.30. The zero-order valence-corrected chi connectivity index (χ0v) is 14.7. The minimum atomic E-state index is -3.41. The molecular formula is C15H22BrNO2S. The lowest BCUT2D eigenvalue weighted by atomic mass is 9.96. The van der Waals surface area contributed by atoms with Crippen LogP contribution in [-0.2, 0) is 10.0 Å². The van der Waals surface area contributed by atoms with Gasteiger partial charge in [-0.2, -0.15) is 4.31 Å². The van der Waals surface area contributed by atoms with Crippen molar-refractivity contribution >= 4 is 26.0 Å². The standard InChI is InChI=1S/C15H22BrNO2S/c1-11-8-9-13(10-12(11)2)20(18,19)17(3)15-7-5-4-6-14(15)16/h8-10,14-15H,4-7H2,1-3H3. The summed E-state index contributed by atoms with van der Waals surface area (Å²) >= 11 is 3.64. The lowest BCUT2D eigenvalue weighted by molar-refractivity contribution is 0.297. The SMILES string of the molecule is Cc1ccc(S(=O)(=O)N(C)C2CCCCC2Br)cc1C. The third kappa shape index (κ3) is 3.10. The smallest absolute Gasteiger partial charge is 0.207 e. The molecule has 1 aliphatic carbocycles. The average molecular weight is 360 g/mol. The van der Waals surface area contributed by atoms with E-state index in [1.165, 1.54) is 6.42 Å². The molecule has 1 aromatic rings. The first-order chi connectivity index (χ1) is 9.34. The van der Waals surface area contributed by atoms with E-state index in [0.29, 0.717) is 4.90 Å². The van der Waals surface area contributed by atoms with Gasteiger partial charge in [0.15, 0.2) is 0 Å². The number of sulfonamides is 1. The van der Waals surface area contributed by atoms with Crippen LogP contribution in [0.15, 0.2) is 23.1 Å². The van der Waals surface area contributed by atoms with Crippen LogP contribution < -0.4 is 0 Å². The summed E-state index contributed by atoms with van der Waals surface area (Å²) in [6.45, 7) is 3.94. The van der Waals surface area contributed by atoms with Gasteiger partial charge in [0.2, 0.25) is 10.0 Å². The van der Waals surface area contributed by atoms with Crippen LogP contribution in [0.5, 0.6) is 0 Å². The van der Waals surface area contributed by atoms with Crippen LogP contribution in [0, 0.1) is 13.8 Å². The van der Waals surface area contributed by atoms with Crippen LogP contribution in [0.2, 0.25) is 0 Å². The highest BCUT2D eigenvalue weighted by Crippen LogP contribution is 2.31. The summed E-state index contributed by atoms with van der Waals surface area (Å²) in [5, 5.41) is 0. The largest absolute Gasteiger partial charge is 0.243 e. The van der Waals surface area contributed by atoms with Crippen LogP contribution in [0.1, 0.15) is 36.8 Å². The van der Waals surface area contributed by atoms with Gasteiger partial charge in [0, 0.05) is 17.9 Å². The Morgan fingerprint density at radius 3 is 2.40 bits per heavy atom. The molecule has 3 nitrogen and oxygen atoms in total. The molecule has 0 heterocycles. The Kier molecular flexibility index (Phi) is 4.92. The van der Waals surface area contributed by atoms with Crippen LogP contribution in [0.3, 0.4) is 0 Å². The Morgan fingerprint density at radius 2 is 1.80 bits per heavy atom. The predicted octanol–water partition coefficient (Wildman–Crippen LogP) is 3.63. The third-order valence-corrected chi connectivity index (χ3v) is 7.22. The van der Waals surface area contributed by atoms with Crippen molar-refractivity contribution in [3.63, 3.8) is 0 Å². The van der Waals surface area contributed by atoms with Gasteiger partial charge in [-0.05, 0) is 49.9 Å². The number of hydrogen-bond acceptors (Lipinski definition) is 2. The molecule has 1 aliphatic rings. The normalized spacial score (nSPS) is 24.1. The molecule has 1 saturated carbocycles. The van der Waals surface area contributed by atoms with Gasteiger partial charge in [0.1, 0.15) is 0 Å². The van der Waals surface area contributed by atoms with E-state index >= 15 is 0 Å². The fraction of sp³-hybridized carbons (Fsp3) is 0.600. The van der Waals surface area contributed by atoms with Crippen molar-refractivity contribution in [2.24, 2.45) is 0 Å². The minimum Gasteiger partial charge on any atom is -0.207 e. The predicted molar refractivity (Wildman–Crippen MR) is 85.8 cm³/mol. The van der Waals surface area contributed by atoms with Gasteiger partial charge in [0.25, 0.3) is 0 Å². The highest BCUT2D eigenvalue weighted by Gasteiger charge is 2.33. The monoisotopic (exact) mass is 359 g/mol. The maximum absolute atomic E-state index is 12.7. The van der Waals surface area contributed by atoms with Gasteiger partial charge < -0.3 is 0 Å². The lowest BCUT2D eigenvalue weighted by Crippen LogP contribution is -2.43. The third-order valence-electron chi connectivity index (χ3n) is 4.27. The van der Waals surface area contributed by atoms with Crippen molar-refractivity contribution in [2.45, 2.75) is 55.3 Å². The van der Waals surface area contributed by atoms with Gasteiger partial charge in [-0.3, -0.25) is 0 Å². The maximum Gasteiger partial charge on any atom is 0.243 e. The highest BCUT2D eigenvalue weighted by atomic mass is 79.9. The van der Waals surface area contributed by atoms with Crippen LogP contribution >= 0.6 is 15.9 Å². The van der Waals surface area contributed by atoms with Gasteiger partial charge in [-0.1, -0.05) is 34.8 Å². The topological polar surface area (TPSA) is 37.4 Å². The first-order valence-corrected chi connectivity index (χ1v) is 9.39. The van der Waals surface area contributed by atoms with Crippen molar-refractivity contribution in [3.05, 3.63) is 29.3 Å². The molecule has 20 heavy (non-hydrogen) atoms. The van der Waals surface area contributed by atoms with E-state index < -0.39 is 10.0 Å². The Balaban J connectivity index is 2.31. The van der Waals surface area contributed by atoms with E-state index in [9.17, 15) is 8.42 Å². The summed E-state index contributed by atoms with van der Waals surface area (Å²) in [4.78, 5) is 0.649. The summed E-state index contributed by atoms with van der Waals surface area (Å²) in [5.41, 5.74) is 2.13. The number of alkyl halides is 1. The second kappa shape index (κ2) is 6.16. The first kappa shape index (κ1) is 16.0. The Labute approximate surface area is 130 Å². The van der Waals surface area contributed by atoms with Gasteiger partial charge in [-0.15, -0.1) is 0 Å². The van der Waals surface area contributed by atoms with E-state index in [1.54, 1.807) is 23.5 Å². The van der Waals surface area contributed by atoms with Crippen LogP contribution in [0.4, 0.5) is 0 Å². The summed E-state index contributed by atoms with van der Waals surface area (Å²) in [6, 6.07) is 5.41. The minimum absolute atomic E-state index is 0.0513. The van der Waals surface area contributed by atoms with Gasteiger partial charge in [0.05, 0.1) is 4.90 Å². The zero-order valence-electron chi connectivity index (χ0n) is 12.3. The molecule has 5 heteroatoms. The summed E-state index contributed by atoms with van der Waals surface area (Å²) in [6.07, 6.45) is 4.23. The number of aryl methyl sites for hydroxylation is 2. The molecule has 0 aliphatic heterocycles. The Hall–Kier alpha value is -0.390. The van der Waals surface area contributed by atoms with Crippen LogP contribution in [-0.4, -0.2) is 30.6 Å². The first-order valence-electron chi connectivity index (χ1n) is 7.03. The second-order valence-electron chi connectivity index (χ2n) is 5.64. The molecule has 1 aromatic carbocycles. The van der Waals surface area contributed by atoms with Crippen molar-refractivity contribution in [1.29, 1.82) is 0 Å². The average Bonchev–Trinajstić information content (AvgIpc) is 2.41. The Bertz CT molecular complexity index is 586. The number of benzene rings is 1. The highest BCUT2D eigenvalue weighted by molar-refractivity contribution is 9.09. The fourth-order valence-electron chi connectivity index (χ4n) is 2.69. The molecular weight excluding hydrogens is 338 g/mol. The molecule has 2 rings (SSSR count). The van der Waals surface area contributed by atoms with Crippen molar-refractivity contribution < 1.29 is 8.42 Å². The second-order valence-corrected chi connectivity index (χ2v) is 8.81. The number of nitrogens with zero attached hydrogens (tertiary/aromatic N) is 1. The summed E-state index contributed by atoms with van der Waals surface area (Å²) in [7, 11) is -1.70. The molecule has 0 amide bonds. The molecule has 2 unspecified atom stereocenters. The van der Waals surface area contributed by atoms with Gasteiger partial charge in [-0.25, -0.2) is 8.42 Å². The number of hydrogen-bond donors (Lipinski definition) is 0. The molecule has 0 spiro atoms. The summed E-state index contributed by atoms with van der Waals surface area (Å²) in [5.74, 6) is 0. The zero-order chi connectivity index (χ0) is 14.9. The quantitative estimate of drug-likeness (QED) is 0.772. The molecule has 112 valence electrons. The number of rotatable bonds is 3. The molecule has 2 atom stereocenters. The van der Waals surface area contributed by atoms with E-state index in [2.05, 4.69) is 15.9 Å². The van der Waals surface area contributed by atoms with E-state index in [-0.39, 0.29) is 10.9 Å². The maximum atomic E-state index is 12.7. The van der Waals surface area contributed by atoms with Crippen molar-refractivity contribution in [1.82, 2.24) is 4.31 Å². The Morgan fingerprint density at radius 1 is 1.15 bits per heavy atom. The van der Waals surface area contributed by atoms with E-state index in [4.69, 9.17) is 0 Å². The molecule has 0 bridgehead atoms. The van der Waals surface area contributed by atoms with Gasteiger partial charge >= 0.3 is 0 Å². The molecule has 1 fully saturated rings. The van der Waals surface area contributed by atoms with E-state index in [1.807, 2.05) is 19.9 Å². The molecule has 0 N–H and O–H groups in total. The van der Waals surface area contributed by atoms with E-state index in [0.717, 1.165) is 30.4 Å². The van der Waals surface area contributed by atoms with Crippen molar-refractivity contribution in [2.75, 3.05) is 7.05 Å². The number of halogens is 1. The molecule has 0 radical (unpaired) electrons.